The molecule has 0 fully saturated rings. The SMILES string of the molecule is CCNC(=NCc1c(C)nn(C)c1C)N(C)Cc1cccn1C.I. The van der Waals surface area contributed by atoms with Crippen molar-refractivity contribution in [2.24, 2.45) is 19.1 Å². The van der Waals surface area contributed by atoms with Crippen LogP contribution in [0.25, 0.3) is 0 Å². The van der Waals surface area contributed by atoms with E-state index in [0.717, 1.165) is 24.7 Å². The monoisotopic (exact) mass is 444 g/mol. The van der Waals surface area contributed by atoms with Gasteiger partial charge in [-0.05, 0) is 32.9 Å². The fourth-order valence-electron chi connectivity index (χ4n) is 2.65. The summed E-state index contributed by atoms with van der Waals surface area (Å²) >= 11 is 0. The zero-order chi connectivity index (χ0) is 17.0. The van der Waals surface area contributed by atoms with Gasteiger partial charge >= 0.3 is 0 Å². The predicted octanol–water partition coefficient (Wildman–Crippen LogP) is 2.59. The van der Waals surface area contributed by atoms with Gasteiger partial charge in [-0.15, -0.1) is 24.0 Å². The quantitative estimate of drug-likeness (QED) is 0.438. The first-order chi connectivity index (χ1) is 10.9. The van der Waals surface area contributed by atoms with Gasteiger partial charge < -0.3 is 14.8 Å². The maximum Gasteiger partial charge on any atom is 0.194 e. The van der Waals surface area contributed by atoms with Crippen LogP contribution in [-0.2, 0) is 27.2 Å². The number of hydrogen-bond donors (Lipinski definition) is 1. The van der Waals surface area contributed by atoms with Gasteiger partial charge in [0.1, 0.15) is 0 Å². The summed E-state index contributed by atoms with van der Waals surface area (Å²) < 4.78 is 4.05. The first-order valence-corrected chi connectivity index (χ1v) is 8.02. The third-order valence-corrected chi connectivity index (χ3v) is 4.19. The van der Waals surface area contributed by atoms with Crippen LogP contribution in [0.2, 0.25) is 0 Å². The number of aryl methyl sites for hydroxylation is 3. The lowest BCUT2D eigenvalue weighted by Crippen LogP contribution is -2.38. The summed E-state index contributed by atoms with van der Waals surface area (Å²) in [6.07, 6.45) is 2.07. The van der Waals surface area contributed by atoms with Crippen molar-refractivity contribution in [3.05, 3.63) is 41.0 Å². The Morgan fingerprint density at radius 1 is 1.33 bits per heavy atom. The Balaban J connectivity index is 0.00000288. The molecule has 24 heavy (non-hydrogen) atoms. The van der Waals surface area contributed by atoms with Gasteiger partial charge in [0.25, 0.3) is 0 Å². The lowest BCUT2D eigenvalue weighted by molar-refractivity contribution is 0.462. The molecule has 0 aliphatic heterocycles. The maximum atomic E-state index is 4.80. The van der Waals surface area contributed by atoms with E-state index in [4.69, 9.17) is 4.99 Å². The Labute approximate surface area is 162 Å². The van der Waals surface area contributed by atoms with E-state index in [1.807, 2.05) is 18.7 Å². The Bertz CT molecular complexity index is 685. The van der Waals surface area contributed by atoms with Crippen LogP contribution >= 0.6 is 24.0 Å². The second kappa shape index (κ2) is 9.10. The minimum absolute atomic E-state index is 0. The van der Waals surface area contributed by atoms with Crippen molar-refractivity contribution in [1.29, 1.82) is 0 Å². The smallest absolute Gasteiger partial charge is 0.194 e. The third kappa shape index (κ3) is 4.75. The second-order valence-electron chi connectivity index (χ2n) is 5.91. The molecule has 0 spiro atoms. The lowest BCUT2D eigenvalue weighted by Gasteiger charge is -2.22. The molecule has 2 aromatic heterocycles. The second-order valence-corrected chi connectivity index (χ2v) is 5.91. The Morgan fingerprint density at radius 3 is 2.54 bits per heavy atom. The number of hydrogen-bond acceptors (Lipinski definition) is 2. The fraction of sp³-hybridized carbons (Fsp3) is 0.529. The van der Waals surface area contributed by atoms with Crippen LogP contribution < -0.4 is 5.32 Å². The molecule has 134 valence electrons. The molecule has 0 unspecified atom stereocenters. The molecule has 2 aromatic rings. The largest absolute Gasteiger partial charge is 0.357 e. The number of nitrogens with zero attached hydrogens (tertiary/aromatic N) is 5. The van der Waals surface area contributed by atoms with E-state index in [0.29, 0.717) is 6.54 Å². The number of nitrogens with one attached hydrogen (secondary N) is 1. The van der Waals surface area contributed by atoms with Crippen LogP contribution in [0, 0.1) is 13.8 Å². The Morgan fingerprint density at radius 2 is 2.04 bits per heavy atom. The number of halogens is 1. The van der Waals surface area contributed by atoms with E-state index in [9.17, 15) is 0 Å². The van der Waals surface area contributed by atoms with Crippen molar-refractivity contribution in [1.82, 2.24) is 24.6 Å². The minimum Gasteiger partial charge on any atom is -0.357 e. The average molecular weight is 444 g/mol. The molecular weight excluding hydrogens is 415 g/mol. The molecule has 6 nitrogen and oxygen atoms in total. The van der Waals surface area contributed by atoms with E-state index in [-0.39, 0.29) is 24.0 Å². The minimum atomic E-state index is 0. The summed E-state index contributed by atoms with van der Waals surface area (Å²) in [6, 6.07) is 4.20. The maximum absolute atomic E-state index is 4.80. The normalized spacial score (nSPS) is 11.3. The zero-order valence-corrected chi connectivity index (χ0v) is 17.8. The molecule has 0 radical (unpaired) electrons. The summed E-state index contributed by atoms with van der Waals surface area (Å²) in [5.41, 5.74) is 4.68. The van der Waals surface area contributed by atoms with Gasteiger partial charge in [-0.1, -0.05) is 0 Å². The zero-order valence-electron chi connectivity index (χ0n) is 15.5. The topological polar surface area (TPSA) is 50.4 Å². The third-order valence-electron chi connectivity index (χ3n) is 4.19. The average Bonchev–Trinajstić information content (AvgIpc) is 3.00. The highest BCUT2D eigenvalue weighted by molar-refractivity contribution is 14.0. The standard InChI is InChI=1S/C17H28N6.HI/c1-7-18-17(22(5)12-15-9-8-10-21(15)4)19-11-16-13(2)20-23(6)14(16)3;/h8-10H,7,11-12H2,1-6H3,(H,18,19);1H. The molecule has 0 saturated heterocycles. The van der Waals surface area contributed by atoms with E-state index >= 15 is 0 Å². The van der Waals surface area contributed by atoms with Crippen LogP contribution in [0.15, 0.2) is 23.3 Å². The van der Waals surface area contributed by atoms with Crippen molar-refractivity contribution in [2.75, 3.05) is 13.6 Å². The number of aliphatic imine (C=N–C) groups is 1. The van der Waals surface area contributed by atoms with Crippen molar-refractivity contribution < 1.29 is 0 Å². The summed E-state index contributed by atoms with van der Waals surface area (Å²) in [5.74, 6) is 0.913. The summed E-state index contributed by atoms with van der Waals surface area (Å²) in [5, 5.41) is 7.83. The van der Waals surface area contributed by atoms with Crippen molar-refractivity contribution in [2.45, 2.75) is 33.9 Å². The van der Waals surface area contributed by atoms with Gasteiger partial charge in [0.15, 0.2) is 5.96 Å². The molecule has 0 saturated carbocycles. The molecule has 0 bridgehead atoms. The van der Waals surface area contributed by atoms with Crippen LogP contribution in [0.1, 0.15) is 29.6 Å². The summed E-state index contributed by atoms with van der Waals surface area (Å²) in [6.45, 7) is 8.53. The Hall–Kier alpha value is -1.51. The first kappa shape index (κ1) is 20.5. The molecule has 0 aliphatic rings. The molecule has 7 heteroatoms. The van der Waals surface area contributed by atoms with E-state index < -0.39 is 0 Å². The number of aromatic nitrogens is 3. The van der Waals surface area contributed by atoms with Gasteiger partial charge in [-0.2, -0.15) is 5.10 Å². The highest BCUT2D eigenvalue weighted by Gasteiger charge is 2.11. The lowest BCUT2D eigenvalue weighted by atomic mass is 10.2. The highest BCUT2D eigenvalue weighted by Crippen LogP contribution is 2.13. The van der Waals surface area contributed by atoms with Crippen molar-refractivity contribution in [3.8, 4) is 0 Å². The first-order valence-electron chi connectivity index (χ1n) is 8.02. The Kier molecular flexibility index (Phi) is 7.78. The van der Waals surface area contributed by atoms with Gasteiger partial charge in [0.2, 0.25) is 0 Å². The molecular formula is C17H29IN6. The molecule has 2 heterocycles. The van der Waals surface area contributed by atoms with Gasteiger partial charge in [-0.3, -0.25) is 4.68 Å². The van der Waals surface area contributed by atoms with Gasteiger partial charge in [-0.25, -0.2) is 4.99 Å². The summed E-state index contributed by atoms with van der Waals surface area (Å²) in [4.78, 5) is 6.95. The molecule has 0 aromatic carbocycles. The van der Waals surface area contributed by atoms with Crippen molar-refractivity contribution in [3.63, 3.8) is 0 Å². The molecule has 0 atom stereocenters. The molecule has 2 rings (SSSR count). The van der Waals surface area contributed by atoms with E-state index in [1.165, 1.54) is 17.0 Å². The van der Waals surface area contributed by atoms with Crippen LogP contribution in [0.5, 0.6) is 0 Å². The molecule has 0 amide bonds. The number of rotatable bonds is 5. The summed E-state index contributed by atoms with van der Waals surface area (Å²) in [7, 11) is 6.11. The van der Waals surface area contributed by atoms with Crippen LogP contribution in [0.3, 0.4) is 0 Å². The molecule has 1 N–H and O–H groups in total. The highest BCUT2D eigenvalue weighted by atomic mass is 127. The number of guanidine groups is 1. The van der Waals surface area contributed by atoms with Gasteiger partial charge in [0, 0.05) is 50.8 Å². The van der Waals surface area contributed by atoms with E-state index in [1.54, 1.807) is 0 Å². The van der Waals surface area contributed by atoms with Crippen LogP contribution in [-0.4, -0.2) is 38.8 Å². The van der Waals surface area contributed by atoms with Gasteiger partial charge in [0.05, 0.1) is 18.8 Å². The predicted molar refractivity (Wildman–Crippen MR) is 110 cm³/mol. The van der Waals surface area contributed by atoms with Crippen molar-refractivity contribution >= 4 is 29.9 Å². The van der Waals surface area contributed by atoms with E-state index in [2.05, 4.69) is 66.2 Å². The van der Waals surface area contributed by atoms with Crippen LogP contribution in [0.4, 0.5) is 0 Å². The molecule has 0 aliphatic carbocycles. The fourth-order valence-corrected chi connectivity index (χ4v) is 2.65.